The zero-order valence-corrected chi connectivity index (χ0v) is 11.9. The first-order chi connectivity index (χ1) is 5.52. The van der Waals surface area contributed by atoms with Crippen LogP contribution in [0.2, 0.25) is 5.02 Å². The molecule has 4 heteroatoms. The number of hydrogen-bond donors (Lipinski definition) is 0. The van der Waals surface area contributed by atoms with Crippen molar-refractivity contribution in [3.05, 3.63) is 28.3 Å². The Hall–Kier alpha value is 1.03. The van der Waals surface area contributed by atoms with E-state index in [0.29, 0.717) is 2.43 Å². The fourth-order valence-electron chi connectivity index (χ4n) is 0.969. The topological polar surface area (TPSA) is 0 Å². The van der Waals surface area contributed by atoms with E-state index in [2.05, 4.69) is 64.7 Å². The van der Waals surface area contributed by atoms with Crippen LogP contribution in [0.3, 0.4) is 0 Å². The Labute approximate surface area is 105 Å². The molecule has 0 amide bonds. The highest BCUT2D eigenvalue weighted by atomic mass is 127. The second-order valence-corrected chi connectivity index (χ2v) is 8.03. The summed E-state index contributed by atoms with van der Waals surface area (Å²) >= 11 is 10.8. The predicted octanol–water partition coefficient (Wildman–Crippen LogP) is 3.52. The van der Waals surface area contributed by atoms with Crippen LogP contribution < -0.4 is 5.46 Å². The molecule has 64 valence electrons. The van der Waals surface area contributed by atoms with Gasteiger partial charge in [0.1, 0.15) is 0 Å². The third kappa shape index (κ3) is 2.51. The van der Waals surface area contributed by atoms with Gasteiger partial charge in [-0.25, -0.2) is 0 Å². The number of aryl methyl sites for hydroxylation is 1. The van der Waals surface area contributed by atoms with Crippen molar-refractivity contribution in [3.63, 3.8) is 0 Å². The van der Waals surface area contributed by atoms with Crippen LogP contribution in [-0.4, -0.2) is 2.43 Å². The van der Waals surface area contributed by atoms with Crippen molar-refractivity contribution in [1.82, 2.24) is 0 Å². The second kappa shape index (κ2) is 4.51. The zero-order chi connectivity index (χ0) is 9.30. The summed E-state index contributed by atoms with van der Waals surface area (Å²) in [5.74, 6) is 0. The van der Waals surface area contributed by atoms with E-state index in [1.807, 2.05) is 6.07 Å². The lowest BCUT2D eigenvalue weighted by molar-refractivity contribution is 1.35. The number of rotatable bonds is 1. The lowest BCUT2D eigenvalue weighted by atomic mass is 9.92. The Morgan fingerprint density at radius 2 is 1.83 bits per heavy atom. The highest BCUT2D eigenvalue weighted by molar-refractivity contribution is 14.3. The first kappa shape index (κ1) is 11.1. The van der Waals surface area contributed by atoms with Gasteiger partial charge in [0.2, 0.25) is 0 Å². The lowest BCUT2D eigenvalue weighted by Crippen LogP contribution is -2.17. The largest absolute Gasteiger partial charge is 0.320 e. The minimum Gasteiger partial charge on any atom is -0.127 e. The van der Waals surface area contributed by atoms with Gasteiger partial charge in [-0.1, -0.05) is 23.1 Å². The van der Waals surface area contributed by atoms with Crippen LogP contribution in [-0.2, 0) is 0 Å². The summed E-state index contributed by atoms with van der Waals surface area (Å²) in [6.07, 6.45) is 0. The third-order valence-electron chi connectivity index (χ3n) is 1.88. The molecule has 0 aliphatic heterocycles. The molecule has 0 heterocycles. The molecule has 0 spiro atoms. The van der Waals surface area contributed by atoms with Gasteiger partial charge in [-0.2, -0.15) is 0 Å². The molecule has 0 aliphatic rings. The van der Waals surface area contributed by atoms with Crippen molar-refractivity contribution in [1.29, 1.82) is 0 Å². The smallest absolute Gasteiger partial charge is 0.127 e. The summed E-state index contributed by atoms with van der Waals surface area (Å²) < 4.78 is 0.497. The standard InChI is InChI=1S/C8H8BClI2/c1-5-3-7(9(11)12)4-8(10)6(5)2/h3-4H,1-2H3. The fourth-order valence-corrected chi connectivity index (χ4v) is 1.96. The summed E-state index contributed by atoms with van der Waals surface area (Å²) in [7, 11) is 0. The highest BCUT2D eigenvalue weighted by Crippen LogP contribution is 2.18. The van der Waals surface area contributed by atoms with E-state index >= 15 is 0 Å². The lowest BCUT2D eigenvalue weighted by Gasteiger charge is -2.06. The van der Waals surface area contributed by atoms with Gasteiger partial charge < -0.3 is 0 Å². The maximum Gasteiger partial charge on any atom is 0.320 e. The molecule has 0 nitrogen and oxygen atoms in total. The highest BCUT2D eigenvalue weighted by Gasteiger charge is 2.10. The molecule has 0 fully saturated rings. The van der Waals surface area contributed by atoms with Gasteiger partial charge in [0.05, 0.1) is 0 Å². The summed E-state index contributed by atoms with van der Waals surface area (Å²) in [6, 6.07) is 4.25. The normalized spacial score (nSPS) is 10.1. The van der Waals surface area contributed by atoms with Crippen molar-refractivity contribution in [3.8, 4) is 0 Å². The van der Waals surface area contributed by atoms with Crippen LogP contribution in [0.5, 0.6) is 0 Å². The van der Waals surface area contributed by atoms with Gasteiger partial charge in [-0.05, 0) is 31.0 Å². The van der Waals surface area contributed by atoms with Gasteiger partial charge in [0.25, 0.3) is 0 Å². The van der Waals surface area contributed by atoms with Gasteiger partial charge in [0.15, 0.2) is 0 Å². The molecule has 0 aromatic heterocycles. The fraction of sp³-hybridized carbons (Fsp3) is 0.250. The van der Waals surface area contributed by atoms with E-state index < -0.39 is 0 Å². The van der Waals surface area contributed by atoms with E-state index in [0.717, 1.165) is 5.02 Å². The summed E-state index contributed by atoms with van der Waals surface area (Å²) in [5.41, 5.74) is 3.76. The molecule has 0 saturated carbocycles. The predicted molar refractivity (Wildman–Crippen MR) is 74.4 cm³/mol. The number of benzene rings is 1. The van der Waals surface area contributed by atoms with Crippen LogP contribution in [0.4, 0.5) is 0 Å². The molecule has 1 aromatic rings. The van der Waals surface area contributed by atoms with Gasteiger partial charge in [-0.15, -0.1) is 44.7 Å². The third-order valence-corrected chi connectivity index (χ3v) is 3.71. The van der Waals surface area contributed by atoms with Crippen molar-refractivity contribution in [2.24, 2.45) is 0 Å². The van der Waals surface area contributed by atoms with Crippen LogP contribution in [0.15, 0.2) is 12.1 Å². The summed E-state index contributed by atoms with van der Waals surface area (Å²) in [5, 5.41) is 0.878. The van der Waals surface area contributed by atoms with Gasteiger partial charge >= 0.3 is 2.43 Å². The quantitative estimate of drug-likeness (QED) is 0.497. The average molecular weight is 404 g/mol. The van der Waals surface area contributed by atoms with E-state index in [1.165, 1.54) is 16.6 Å². The van der Waals surface area contributed by atoms with Crippen LogP contribution in [0.25, 0.3) is 0 Å². The first-order valence-corrected chi connectivity index (χ1v) is 6.44. The summed E-state index contributed by atoms with van der Waals surface area (Å²) in [4.78, 5) is 0. The van der Waals surface area contributed by atoms with E-state index in [9.17, 15) is 0 Å². The molecule has 0 aliphatic carbocycles. The molecular weight excluding hydrogens is 396 g/mol. The molecule has 0 atom stereocenters. The Balaban J connectivity index is 3.21. The molecule has 1 rings (SSSR count). The average Bonchev–Trinajstić information content (AvgIpc) is 1.99. The molecule has 0 radical (unpaired) electrons. The molecular formula is C8H8BClI2. The van der Waals surface area contributed by atoms with Crippen LogP contribution >= 0.6 is 56.3 Å². The molecule has 0 unspecified atom stereocenters. The van der Waals surface area contributed by atoms with Gasteiger partial charge in [0, 0.05) is 5.02 Å². The minimum absolute atomic E-state index is 0.497. The van der Waals surface area contributed by atoms with E-state index in [4.69, 9.17) is 11.6 Å². The first-order valence-electron chi connectivity index (χ1n) is 3.57. The summed E-state index contributed by atoms with van der Waals surface area (Å²) in [6.45, 7) is 4.15. The Morgan fingerprint density at radius 1 is 1.25 bits per heavy atom. The van der Waals surface area contributed by atoms with E-state index in [1.54, 1.807) is 0 Å². The number of hydrogen-bond acceptors (Lipinski definition) is 0. The zero-order valence-electron chi connectivity index (χ0n) is 6.87. The Bertz CT molecular complexity index is 276. The van der Waals surface area contributed by atoms with Crippen LogP contribution in [0.1, 0.15) is 11.1 Å². The second-order valence-electron chi connectivity index (χ2n) is 2.75. The Kier molecular flexibility index (Phi) is 4.17. The van der Waals surface area contributed by atoms with Crippen molar-refractivity contribution < 1.29 is 0 Å². The van der Waals surface area contributed by atoms with Crippen molar-refractivity contribution >= 4 is 64.2 Å². The molecule has 0 saturated heterocycles. The SMILES string of the molecule is Cc1cc(B(I)I)cc(Cl)c1C. The molecule has 1 aromatic carbocycles. The maximum atomic E-state index is 6.06. The number of halogens is 3. The van der Waals surface area contributed by atoms with Gasteiger partial charge in [-0.3, -0.25) is 0 Å². The Morgan fingerprint density at radius 3 is 2.25 bits per heavy atom. The molecule has 0 bridgehead atoms. The molecule has 0 N–H and O–H groups in total. The maximum absolute atomic E-state index is 6.06. The van der Waals surface area contributed by atoms with Crippen LogP contribution in [0, 0.1) is 13.8 Å². The van der Waals surface area contributed by atoms with Crippen molar-refractivity contribution in [2.75, 3.05) is 0 Å². The molecule has 12 heavy (non-hydrogen) atoms. The van der Waals surface area contributed by atoms with E-state index in [-0.39, 0.29) is 0 Å². The van der Waals surface area contributed by atoms with Crippen molar-refractivity contribution in [2.45, 2.75) is 13.8 Å². The minimum atomic E-state index is 0.497. The monoisotopic (exact) mass is 404 g/mol.